The van der Waals surface area contributed by atoms with Crippen LogP contribution in [0.25, 0.3) is 0 Å². The molecule has 7 heteroatoms. The highest BCUT2D eigenvalue weighted by Gasteiger charge is 2.28. The quantitative estimate of drug-likeness (QED) is 0.867. The van der Waals surface area contributed by atoms with Crippen molar-refractivity contribution >= 4 is 29.2 Å². The predicted molar refractivity (Wildman–Crippen MR) is 74.6 cm³/mol. The van der Waals surface area contributed by atoms with Crippen molar-refractivity contribution in [1.82, 2.24) is 0 Å². The Balaban J connectivity index is 1.91. The summed E-state index contributed by atoms with van der Waals surface area (Å²) in [6.45, 7) is 1.96. The lowest BCUT2D eigenvalue weighted by Gasteiger charge is -2.16. The van der Waals surface area contributed by atoms with Gasteiger partial charge in [0.15, 0.2) is 12.2 Å². The minimum absolute atomic E-state index is 0.0704. The summed E-state index contributed by atoms with van der Waals surface area (Å²) >= 11 is 5.81. The van der Waals surface area contributed by atoms with E-state index in [1.807, 2.05) is 0 Å². The van der Waals surface area contributed by atoms with Crippen molar-refractivity contribution in [1.29, 1.82) is 0 Å². The van der Waals surface area contributed by atoms with Gasteiger partial charge >= 0.3 is 5.97 Å². The Morgan fingerprint density at radius 2 is 2.29 bits per heavy atom. The number of ether oxygens (including phenoxy) is 2. The molecule has 1 aliphatic rings. The summed E-state index contributed by atoms with van der Waals surface area (Å²) in [6.07, 6.45) is -0.208. The fourth-order valence-corrected chi connectivity index (χ4v) is 2.11. The molecule has 0 unspecified atom stereocenters. The number of amides is 1. The van der Waals surface area contributed by atoms with Crippen molar-refractivity contribution in [2.45, 2.75) is 32.0 Å². The van der Waals surface area contributed by atoms with E-state index in [4.69, 9.17) is 21.1 Å². The molecule has 2 rings (SSSR count). The molecule has 114 valence electrons. The van der Waals surface area contributed by atoms with Crippen LogP contribution in [0.3, 0.4) is 0 Å². The van der Waals surface area contributed by atoms with Crippen LogP contribution in [0.4, 0.5) is 10.1 Å². The molecule has 5 nitrogen and oxygen atoms in total. The fourth-order valence-electron chi connectivity index (χ4n) is 1.89. The molecule has 21 heavy (non-hydrogen) atoms. The third-order valence-electron chi connectivity index (χ3n) is 3.04. The molecule has 0 bridgehead atoms. The maximum Gasteiger partial charge on any atom is 0.336 e. The molecule has 0 radical (unpaired) electrons. The number of benzene rings is 1. The van der Waals surface area contributed by atoms with E-state index in [9.17, 15) is 14.0 Å². The molecule has 1 fully saturated rings. The zero-order valence-corrected chi connectivity index (χ0v) is 12.2. The molecule has 0 spiro atoms. The molecule has 1 saturated heterocycles. The van der Waals surface area contributed by atoms with Gasteiger partial charge in [-0.25, -0.2) is 9.18 Å². The summed E-state index contributed by atoms with van der Waals surface area (Å²) < 4.78 is 23.1. The van der Waals surface area contributed by atoms with Crippen molar-refractivity contribution in [3.63, 3.8) is 0 Å². The summed E-state index contributed by atoms with van der Waals surface area (Å²) in [5.41, 5.74) is 0.253. The van der Waals surface area contributed by atoms with Crippen LogP contribution >= 0.6 is 11.6 Å². The highest BCUT2D eigenvalue weighted by molar-refractivity contribution is 6.33. The van der Waals surface area contributed by atoms with Crippen LogP contribution in [0.1, 0.15) is 19.8 Å². The van der Waals surface area contributed by atoms with Crippen LogP contribution < -0.4 is 5.32 Å². The van der Waals surface area contributed by atoms with Crippen molar-refractivity contribution in [3.05, 3.63) is 29.0 Å². The van der Waals surface area contributed by atoms with E-state index in [2.05, 4.69) is 5.32 Å². The molecule has 1 aromatic carbocycles. The molecular weight excluding hydrogens is 301 g/mol. The molecule has 1 N–H and O–H groups in total. The number of halogens is 2. The number of carbonyl (C=O) groups excluding carboxylic acids is 2. The van der Waals surface area contributed by atoms with Gasteiger partial charge in [-0.1, -0.05) is 11.6 Å². The Morgan fingerprint density at radius 1 is 1.52 bits per heavy atom. The van der Waals surface area contributed by atoms with Crippen molar-refractivity contribution in [2.24, 2.45) is 0 Å². The molecule has 0 saturated carbocycles. The van der Waals surface area contributed by atoms with E-state index in [1.54, 1.807) is 0 Å². The molecule has 0 aromatic heterocycles. The Morgan fingerprint density at radius 3 is 2.90 bits per heavy atom. The average molecular weight is 316 g/mol. The van der Waals surface area contributed by atoms with Crippen LogP contribution in [0.5, 0.6) is 0 Å². The first-order valence-electron chi connectivity index (χ1n) is 6.55. The van der Waals surface area contributed by atoms with E-state index in [-0.39, 0.29) is 10.7 Å². The average Bonchev–Trinajstić information content (AvgIpc) is 2.95. The molecule has 2 atom stereocenters. The lowest BCUT2D eigenvalue weighted by Crippen LogP contribution is -2.34. The summed E-state index contributed by atoms with van der Waals surface area (Å²) in [4.78, 5) is 23.6. The topological polar surface area (TPSA) is 64.6 Å². The van der Waals surface area contributed by atoms with Crippen LogP contribution in [0.15, 0.2) is 18.2 Å². The molecule has 0 aliphatic carbocycles. The number of hydrogen-bond donors (Lipinski definition) is 1. The predicted octanol–water partition coefficient (Wildman–Crippen LogP) is 2.53. The molecule has 1 aliphatic heterocycles. The second-order valence-corrected chi connectivity index (χ2v) is 5.10. The van der Waals surface area contributed by atoms with E-state index < -0.39 is 29.9 Å². The van der Waals surface area contributed by atoms with Gasteiger partial charge in [0.2, 0.25) is 0 Å². The Hall–Kier alpha value is -1.66. The Bertz CT molecular complexity index is 546. The minimum Gasteiger partial charge on any atom is -0.451 e. The van der Waals surface area contributed by atoms with Gasteiger partial charge in [0.25, 0.3) is 5.91 Å². The molecular formula is C14H15ClFNO4. The van der Waals surface area contributed by atoms with Crippen molar-refractivity contribution in [2.75, 3.05) is 11.9 Å². The third-order valence-corrected chi connectivity index (χ3v) is 3.36. The van der Waals surface area contributed by atoms with Gasteiger partial charge in [0, 0.05) is 6.61 Å². The molecule has 1 amide bonds. The highest BCUT2D eigenvalue weighted by Crippen LogP contribution is 2.22. The Labute approximate surface area is 126 Å². The Kier molecular flexibility index (Phi) is 5.14. The maximum atomic E-state index is 12.9. The van der Waals surface area contributed by atoms with E-state index in [1.165, 1.54) is 19.1 Å². The van der Waals surface area contributed by atoms with Crippen LogP contribution in [-0.2, 0) is 19.1 Å². The second kappa shape index (κ2) is 6.87. The lowest BCUT2D eigenvalue weighted by molar-refractivity contribution is -0.162. The van der Waals surface area contributed by atoms with E-state index in [0.717, 1.165) is 12.5 Å². The van der Waals surface area contributed by atoms with Gasteiger partial charge in [-0.2, -0.15) is 0 Å². The number of esters is 1. The smallest absolute Gasteiger partial charge is 0.336 e. The van der Waals surface area contributed by atoms with Crippen molar-refractivity contribution in [3.8, 4) is 0 Å². The fraction of sp³-hybridized carbons (Fsp3) is 0.429. The van der Waals surface area contributed by atoms with Gasteiger partial charge in [-0.15, -0.1) is 0 Å². The van der Waals surface area contributed by atoms with Crippen LogP contribution in [-0.4, -0.2) is 30.7 Å². The second-order valence-electron chi connectivity index (χ2n) is 4.69. The normalized spacial score (nSPS) is 19.1. The molecule has 1 heterocycles. The van der Waals surface area contributed by atoms with Crippen LogP contribution in [0, 0.1) is 5.82 Å². The zero-order valence-electron chi connectivity index (χ0n) is 11.4. The minimum atomic E-state index is -0.997. The number of carbonyl (C=O) groups is 2. The summed E-state index contributed by atoms with van der Waals surface area (Å²) in [5, 5.41) is 2.55. The van der Waals surface area contributed by atoms with Gasteiger partial charge in [-0.3, -0.25) is 4.79 Å². The van der Waals surface area contributed by atoms with Crippen molar-refractivity contribution < 1.29 is 23.5 Å². The monoisotopic (exact) mass is 315 g/mol. The van der Waals surface area contributed by atoms with Gasteiger partial charge in [0.1, 0.15) is 5.82 Å². The SMILES string of the molecule is C[C@@H](OC(=O)[C@@H]1CCCO1)C(=O)Nc1ccc(F)cc1Cl. The number of nitrogens with one attached hydrogen (secondary N) is 1. The first-order valence-corrected chi connectivity index (χ1v) is 6.93. The van der Waals surface area contributed by atoms with E-state index in [0.29, 0.717) is 13.0 Å². The highest BCUT2D eigenvalue weighted by atomic mass is 35.5. The maximum absolute atomic E-state index is 12.9. The number of anilines is 1. The first kappa shape index (κ1) is 15.7. The summed E-state index contributed by atoms with van der Waals surface area (Å²) in [7, 11) is 0. The lowest BCUT2D eigenvalue weighted by atomic mass is 10.2. The van der Waals surface area contributed by atoms with E-state index >= 15 is 0 Å². The van der Waals surface area contributed by atoms with Crippen LogP contribution in [0.2, 0.25) is 5.02 Å². The van der Waals surface area contributed by atoms with Gasteiger partial charge in [0.05, 0.1) is 10.7 Å². The van der Waals surface area contributed by atoms with Gasteiger partial charge in [-0.05, 0) is 38.0 Å². The molecule has 1 aromatic rings. The standard InChI is InChI=1S/C14H15ClFNO4/c1-8(21-14(19)12-3-2-6-20-12)13(18)17-11-5-4-9(16)7-10(11)15/h4-5,7-8,12H,2-3,6H2,1H3,(H,17,18)/t8-,12+/m1/s1. The number of hydrogen-bond acceptors (Lipinski definition) is 4. The first-order chi connectivity index (χ1) is 9.97. The largest absolute Gasteiger partial charge is 0.451 e. The summed E-state index contributed by atoms with van der Waals surface area (Å²) in [5.74, 6) is -1.61. The number of rotatable bonds is 4. The van der Waals surface area contributed by atoms with Gasteiger partial charge < -0.3 is 14.8 Å². The third kappa shape index (κ3) is 4.15. The summed E-state index contributed by atoms with van der Waals surface area (Å²) in [6, 6.07) is 3.59. The zero-order chi connectivity index (χ0) is 15.4.